The van der Waals surface area contributed by atoms with Crippen molar-refractivity contribution in [1.29, 1.82) is 0 Å². The van der Waals surface area contributed by atoms with Crippen LogP contribution in [-0.4, -0.2) is 12.6 Å². The van der Waals surface area contributed by atoms with Crippen molar-refractivity contribution in [2.45, 2.75) is 13.8 Å². The molecule has 0 heterocycles. The molecule has 0 aromatic heterocycles. The Labute approximate surface area is 111 Å². The zero-order valence-electron chi connectivity index (χ0n) is 10.9. The molecule has 0 fully saturated rings. The fourth-order valence-electron chi connectivity index (χ4n) is 1.82. The normalized spacial score (nSPS) is 10.3. The molecule has 2 nitrogen and oxygen atoms in total. The van der Waals surface area contributed by atoms with Crippen molar-refractivity contribution in [2.24, 2.45) is 0 Å². The minimum absolute atomic E-state index is 0.0299. The molecule has 0 aliphatic heterocycles. The first-order valence-electron chi connectivity index (χ1n) is 6.15. The van der Waals surface area contributed by atoms with Crippen LogP contribution in [0.25, 0.3) is 11.1 Å². The molecule has 19 heavy (non-hydrogen) atoms. The Balaban J connectivity index is 2.33. The Hall–Kier alpha value is -2.16. The Morgan fingerprint density at radius 3 is 2.32 bits per heavy atom. The number of halogens is 1. The van der Waals surface area contributed by atoms with E-state index in [1.54, 1.807) is 13.0 Å². The molecular weight excluding hydrogens is 243 g/mol. The summed E-state index contributed by atoms with van der Waals surface area (Å²) in [6, 6.07) is 12.3. The molecule has 0 saturated heterocycles. The molecule has 0 saturated carbocycles. The maximum absolute atomic E-state index is 13.9. The van der Waals surface area contributed by atoms with Crippen LogP contribution in [0.15, 0.2) is 42.5 Å². The van der Waals surface area contributed by atoms with Gasteiger partial charge in [-0.1, -0.05) is 35.9 Å². The first-order chi connectivity index (χ1) is 9.11. The topological polar surface area (TPSA) is 26.3 Å². The van der Waals surface area contributed by atoms with Gasteiger partial charge < -0.3 is 4.74 Å². The number of benzene rings is 2. The van der Waals surface area contributed by atoms with Gasteiger partial charge in [0.15, 0.2) is 0 Å². The third-order valence-corrected chi connectivity index (χ3v) is 2.85. The van der Waals surface area contributed by atoms with E-state index in [-0.39, 0.29) is 12.2 Å². The van der Waals surface area contributed by atoms with Crippen LogP contribution < -0.4 is 0 Å². The summed E-state index contributed by atoms with van der Waals surface area (Å²) >= 11 is 0. The minimum atomic E-state index is -0.629. The average Bonchev–Trinajstić information content (AvgIpc) is 2.39. The summed E-state index contributed by atoms with van der Waals surface area (Å²) in [5.74, 6) is -1.19. The fraction of sp³-hybridized carbons (Fsp3) is 0.188. The van der Waals surface area contributed by atoms with Gasteiger partial charge in [-0.15, -0.1) is 0 Å². The SMILES string of the molecule is CCOC(=O)c1ccc(-c2ccc(C)cc2)cc1F. The van der Waals surface area contributed by atoms with E-state index in [4.69, 9.17) is 4.74 Å². The van der Waals surface area contributed by atoms with Crippen LogP contribution in [0.3, 0.4) is 0 Å². The highest BCUT2D eigenvalue weighted by Crippen LogP contribution is 2.22. The van der Waals surface area contributed by atoms with Gasteiger partial charge in [0.1, 0.15) is 5.82 Å². The molecule has 2 aromatic carbocycles. The Bertz CT molecular complexity index is 588. The largest absolute Gasteiger partial charge is 0.462 e. The summed E-state index contributed by atoms with van der Waals surface area (Å²) < 4.78 is 18.7. The second kappa shape index (κ2) is 5.65. The van der Waals surface area contributed by atoms with E-state index < -0.39 is 11.8 Å². The Morgan fingerprint density at radius 1 is 1.11 bits per heavy atom. The van der Waals surface area contributed by atoms with Crippen LogP contribution in [0, 0.1) is 12.7 Å². The first kappa shape index (κ1) is 13.3. The van der Waals surface area contributed by atoms with Crippen molar-refractivity contribution in [3.05, 3.63) is 59.4 Å². The van der Waals surface area contributed by atoms with Crippen molar-refractivity contribution in [2.75, 3.05) is 6.61 Å². The molecule has 0 aliphatic carbocycles. The van der Waals surface area contributed by atoms with E-state index in [0.717, 1.165) is 16.7 Å². The first-order valence-corrected chi connectivity index (χ1v) is 6.15. The molecule has 0 amide bonds. The highest BCUT2D eigenvalue weighted by atomic mass is 19.1. The molecule has 0 N–H and O–H groups in total. The van der Waals surface area contributed by atoms with Gasteiger partial charge in [0, 0.05) is 0 Å². The maximum Gasteiger partial charge on any atom is 0.341 e. The molecule has 0 unspecified atom stereocenters. The van der Waals surface area contributed by atoms with Crippen molar-refractivity contribution < 1.29 is 13.9 Å². The number of carbonyl (C=O) groups excluding carboxylic acids is 1. The zero-order valence-corrected chi connectivity index (χ0v) is 10.9. The van der Waals surface area contributed by atoms with Crippen LogP contribution in [0.2, 0.25) is 0 Å². The van der Waals surface area contributed by atoms with Crippen molar-refractivity contribution in [1.82, 2.24) is 0 Å². The molecule has 3 heteroatoms. The minimum Gasteiger partial charge on any atom is -0.462 e. The standard InChI is InChI=1S/C16H15FO2/c1-3-19-16(18)14-9-8-13(10-15(14)17)12-6-4-11(2)5-7-12/h4-10H,3H2,1-2H3. The summed E-state index contributed by atoms with van der Waals surface area (Å²) in [5.41, 5.74) is 2.77. The number of rotatable bonds is 3. The number of ether oxygens (including phenoxy) is 1. The summed E-state index contributed by atoms with van der Waals surface area (Å²) in [7, 11) is 0. The van der Waals surface area contributed by atoms with Crippen LogP contribution in [0.4, 0.5) is 4.39 Å². The van der Waals surface area contributed by atoms with Gasteiger partial charge in [-0.05, 0) is 37.1 Å². The van der Waals surface area contributed by atoms with Gasteiger partial charge in [0.05, 0.1) is 12.2 Å². The van der Waals surface area contributed by atoms with Crippen molar-refractivity contribution >= 4 is 5.97 Å². The lowest BCUT2D eigenvalue weighted by atomic mass is 10.0. The maximum atomic E-state index is 13.9. The molecule has 0 bridgehead atoms. The van der Waals surface area contributed by atoms with Crippen LogP contribution >= 0.6 is 0 Å². The van der Waals surface area contributed by atoms with Crippen molar-refractivity contribution in [3.63, 3.8) is 0 Å². The summed E-state index contributed by atoms with van der Waals surface area (Å²) in [4.78, 5) is 11.5. The zero-order chi connectivity index (χ0) is 13.8. The molecule has 0 aliphatic rings. The number of aryl methyl sites for hydroxylation is 1. The van der Waals surface area contributed by atoms with E-state index in [2.05, 4.69) is 0 Å². The second-order valence-electron chi connectivity index (χ2n) is 4.28. The Morgan fingerprint density at radius 2 is 1.74 bits per heavy atom. The Kier molecular flexibility index (Phi) is 3.95. The lowest BCUT2D eigenvalue weighted by molar-refractivity contribution is 0.0521. The lowest BCUT2D eigenvalue weighted by Crippen LogP contribution is -2.07. The molecule has 0 atom stereocenters. The van der Waals surface area contributed by atoms with Crippen LogP contribution in [-0.2, 0) is 4.74 Å². The predicted molar refractivity (Wildman–Crippen MR) is 72.5 cm³/mol. The van der Waals surface area contributed by atoms with Crippen molar-refractivity contribution in [3.8, 4) is 11.1 Å². The third-order valence-electron chi connectivity index (χ3n) is 2.85. The molecular formula is C16H15FO2. The third kappa shape index (κ3) is 2.99. The number of hydrogen-bond acceptors (Lipinski definition) is 2. The molecule has 2 rings (SSSR count). The molecule has 0 spiro atoms. The van der Waals surface area contributed by atoms with E-state index >= 15 is 0 Å². The fourth-order valence-corrected chi connectivity index (χ4v) is 1.82. The van der Waals surface area contributed by atoms with Gasteiger partial charge in [0.2, 0.25) is 0 Å². The van der Waals surface area contributed by atoms with E-state index in [1.807, 2.05) is 31.2 Å². The molecule has 0 radical (unpaired) electrons. The van der Waals surface area contributed by atoms with Gasteiger partial charge in [-0.25, -0.2) is 9.18 Å². The van der Waals surface area contributed by atoms with Gasteiger partial charge in [-0.2, -0.15) is 0 Å². The van der Waals surface area contributed by atoms with Gasteiger partial charge in [-0.3, -0.25) is 0 Å². The van der Waals surface area contributed by atoms with Crippen LogP contribution in [0.5, 0.6) is 0 Å². The smallest absolute Gasteiger partial charge is 0.341 e. The summed E-state index contributed by atoms with van der Waals surface area (Å²) in [6.45, 7) is 3.92. The van der Waals surface area contributed by atoms with E-state index in [9.17, 15) is 9.18 Å². The van der Waals surface area contributed by atoms with Gasteiger partial charge in [0.25, 0.3) is 0 Å². The molecule has 2 aromatic rings. The highest BCUT2D eigenvalue weighted by molar-refractivity contribution is 5.90. The molecule has 98 valence electrons. The van der Waals surface area contributed by atoms with Gasteiger partial charge >= 0.3 is 5.97 Å². The van der Waals surface area contributed by atoms with E-state index in [1.165, 1.54) is 12.1 Å². The number of esters is 1. The highest BCUT2D eigenvalue weighted by Gasteiger charge is 2.13. The number of hydrogen-bond donors (Lipinski definition) is 0. The monoisotopic (exact) mass is 258 g/mol. The van der Waals surface area contributed by atoms with E-state index in [0.29, 0.717) is 0 Å². The summed E-state index contributed by atoms with van der Waals surface area (Å²) in [6.07, 6.45) is 0. The quantitative estimate of drug-likeness (QED) is 0.778. The second-order valence-corrected chi connectivity index (χ2v) is 4.28. The predicted octanol–water partition coefficient (Wildman–Crippen LogP) is 3.98. The van der Waals surface area contributed by atoms with Crippen LogP contribution in [0.1, 0.15) is 22.8 Å². The average molecular weight is 258 g/mol. The summed E-state index contributed by atoms with van der Waals surface area (Å²) in [5, 5.41) is 0. The lowest BCUT2D eigenvalue weighted by Gasteiger charge is -2.06. The number of carbonyl (C=O) groups is 1.